The summed E-state index contributed by atoms with van der Waals surface area (Å²) >= 11 is 0. The number of ether oxygens (including phenoxy) is 1. The van der Waals surface area contributed by atoms with Crippen molar-refractivity contribution in [3.63, 3.8) is 0 Å². The van der Waals surface area contributed by atoms with Crippen molar-refractivity contribution in [3.05, 3.63) is 51.8 Å². The number of esters is 1. The topological polar surface area (TPSA) is 121 Å². The lowest BCUT2D eigenvalue weighted by atomic mass is 9.98. The summed E-state index contributed by atoms with van der Waals surface area (Å²) in [6, 6.07) is 5.67. The van der Waals surface area contributed by atoms with E-state index in [1.54, 1.807) is 6.08 Å². The highest BCUT2D eigenvalue weighted by atomic mass is 16.5. The number of ketones is 1. The van der Waals surface area contributed by atoms with Crippen molar-refractivity contribution in [1.82, 2.24) is 15.2 Å². The minimum Gasteiger partial charge on any atom is -0.469 e. The lowest BCUT2D eigenvalue weighted by Crippen LogP contribution is -2.35. The van der Waals surface area contributed by atoms with Crippen LogP contribution in [-0.2, 0) is 25.5 Å². The molecule has 234 valence electrons. The molecule has 3 rings (SSSR count). The van der Waals surface area contributed by atoms with E-state index >= 15 is 0 Å². The SMILES string of the molecule is CCN(CC)CCNC(=O)c1c(C)[nH]c(/C=C2\C(=O)Nc3ccc(CC(=O)CCCCCCCCC(=O)OC)cc32)c1C. The number of nitrogens with zero attached hydrogens (tertiary/aromatic N) is 1. The molecule has 43 heavy (non-hydrogen) atoms. The number of carbonyl (C=O) groups excluding carboxylic acids is 4. The molecule has 1 aromatic heterocycles. The highest BCUT2D eigenvalue weighted by Gasteiger charge is 2.26. The van der Waals surface area contributed by atoms with Crippen LogP contribution >= 0.6 is 0 Å². The molecule has 0 spiro atoms. The molecular formula is C34H48N4O5. The van der Waals surface area contributed by atoms with E-state index in [4.69, 9.17) is 0 Å². The number of aromatic amines is 1. The number of likely N-dealkylation sites (N-methyl/N-ethyl adjacent to an activating group) is 1. The summed E-state index contributed by atoms with van der Waals surface area (Å²) < 4.78 is 4.66. The molecule has 0 bridgehead atoms. The van der Waals surface area contributed by atoms with Gasteiger partial charge in [-0.2, -0.15) is 0 Å². The fourth-order valence-corrected chi connectivity index (χ4v) is 5.56. The molecule has 9 heteroatoms. The summed E-state index contributed by atoms with van der Waals surface area (Å²) in [6.45, 7) is 11.2. The van der Waals surface area contributed by atoms with E-state index < -0.39 is 0 Å². The molecule has 0 aliphatic carbocycles. The molecule has 0 unspecified atom stereocenters. The summed E-state index contributed by atoms with van der Waals surface area (Å²) in [5.74, 6) is -0.313. The highest BCUT2D eigenvalue weighted by Crippen LogP contribution is 2.35. The fraction of sp³-hybridized carbons (Fsp3) is 0.529. The van der Waals surface area contributed by atoms with E-state index in [9.17, 15) is 19.2 Å². The number of amides is 2. The lowest BCUT2D eigenvalue weighted by molar-refractivity contribution is -0.140. The summed E-state index contributed by atoms with van der Waals surface area (Å²) in [5, 5.41) is 5.94. The van der Waals surface area contributed by atoms with Gasteiger partial charge in [0.15, 0.2) is 0 Å². The van der Waals surface area contributed by atoms with Crippen molar-refractivity contribution in [3.8, 4) is 0 Å². The number of methoxy groups -OCH3 is 1. The first kappa shape index (κ1) is 33.8. The van der Waals surface area contributed by atoms with Crippen molar-refractivity contribution in [2.75, 3.05) is 38.6 Å². The van der Waals surface area contributed by atoms with Crippen LogP contribution in [0.3, 0.4) is 0 Å². The molecule has 1 aliphatic rings. The van der Waals surface area contributed by atoms with Crippen LogP contribution in [0.1, 0.15) is 104 Å². The van der Waals surface area contributed by atoms with Gasteiger partial charge in [-0.15, -0.1) is 0 Å². The maximum absolute atomic E-state index is 13.0. The number of anilines is 1. The number of benzene rings is 1. The van der Waals surface area contributed by atoms with Crippen LogP contribution < -0.4 is 10.6 Å². The summed E-state index contributed by atoms with van der Waals surface area (Å²) in [4.78, 5) is 55.3. The average Bonchev–Trinajstić information content (AvgIpc) is 3.45. The normalized spacial score (nSPS) is 13.3. The third-order valence-corrected chi connectivity index (χ3v) is 8.18. The largest absolute Gasteiger partial charge is 0.469 e. The Morgan fingerprint density at radius 3 is 2.33 bits per heavy atom. The predicted octanol–water partition coefficient (Wildman–Crippen LogP) is 5.60. The molecule has 0 fully saturated rings. The molecule has 0 saturated carbocycles. The Kier molecular flexibility index (Phi) is 13.2. The number of Topliss-reactive ketones (excluding diaryl/α,β-unsaturated/α-hetero) is 1. The van der Waals surface area contributed by atoms with Gasteiger partial charge in [-0.25, -0.2) is 0 Å². The lowest BCUT2D eigenvalue weighted by Gasteiger charge is -2.18. The van der Waals surface area contributed by atoms with Crippen LogP contribution in [0.5, 0.6) is 0 Å². The van der Waals surface area contributed by atoms with Crippen molar-refractivity contribution >= 4 is 40.9 Å². The Bertz CT molecular complexity index is 1320. The number of aromatic nitrogens is 1. The number of fused-ring (bicyclic) bond motifs is 1. The van der Waals surface area contributed by atoms with Crippen LogP contribution in [0.25, 0.3) is 11.6 Å². The molecule has 2 aromatic rings. The van der Waals surface area contributed by atoms with Crippen molar-refractivity contribution in [1.29, 1.82) is 0 Å². The molecule has 0 saturated heterocycles. The number of unbranched alkanes of at least 4 members (excludes halogenated alkanes) is 5. The van der Waals surface area contributed by atoms with E-state index in [2.05, 4.69) is 39.1 Å². The maximum Gasteiger partial charge on any atom is 0.305 e. The first-order chi connectivity index (χ1) is 20.7. The third kappa shape index (κ3) is 9.64. The molecule has 2 amide bonds. The van der Waals surface area contributed by atoms with E-state index in [1.807, 2.05) is 32.0 Å². The van der Waals surface area contributed by atoms with Crippen LogP contribution in [0.4, 0.5) is 5.69 Å². The zero-order valence-electron chi connectivity index (χ0n) is 26.5. The molecule has 3 N–H and O–H groups in total. The van der Waals surface area contributed by atoms with Gasteiger partial charge in [0.1, 0.15) is 5.78 Å². The first-order valence-corrected chi connectivity index (χ1v) is 15.6. The number of carbonyl (C=O) groups is 4. The fourth-order valence-electron chi connectivity index (χ4n) is 5.56. The van der Waals surface area contributed by atoms with Gasteiger partial charge in [-0.1, -0.05) is 45.6 Å². The average molecular weight is 593 g/mol. The minimum atomic E-state index is -0.207. The third-order valence-electron chi connectivity index (χ3n) is 8.18. The van der Waals surface area contributed by atoms with Crippen LogP contribution in [0.2, 0.25) is 0 Å². The van der Waals surface area contributed by atoms with Gasteiger partial charge in [-0.3, -0.25) is 19.2 Å². The van der Waals surface area contributed by atoms with Gasteiger partial charge >= 0.3 is 5.97 Å². The summed E-state index contributed by atoms with van der Waals surface area (Å²) in [6.07, 6.45) is 8.89. The standard InChI is InChI=1S/C34H48N4O5/c1-6-38(7-2)19-18-35-34(42)32-23(3)30(36-24(32)4)22-28-27-21-25(16-17-29(27)37-33(28)41)20-26(39)14-12-10-8-9-11-13-15-31(40)43-5/h16-17,21-22,36H,6-15,18-20H2,1-5H3,(H,35,42)(H,37,41)/b28-22-. The van der Waals surface area contributed by atoms with Gasteiger partial charge in [-0.05, 0) is 69.1 Å². The summed E-state index contributed by atoms with van der Waals surface area (Å²) in [7, 11) is 1.41. The Labute approximate surface area is 255 Å². The van der Waals surface area contributed by atoms with Crippen LogP contribution in [0, 0.1) is 13.8 Å². The second-order valence-electron chi connectivity index (χ2n) is 11.3. The molecule has 9 nitrogen and oxygen atoms in total. The molecule has 0 radical (unpaired) electrons. The zero-order chi connectivity index (χ0) is 31.4. The Morgan fingerprint density at radius 1 is 0.977 bits per heavy atom. The molecule has 2 heterocycles. The summed E-state index contributed by atoms with van der Waals surface area (Å²) in [5.41, 5.74) is 5.73. The van der Waals surface area contributed by atoms with Gasteiger partial charge in [0.2, 0.25) is 0 Å². The maximum atomic E-state index is 13.0. The molecular weight excluding hydrogens is 544 g/mol. The number of hydrogen-bond donors (Lipinski definition) is 3. The van der Waals surface area contributed by atoms with Crippen molar-refractivity contribution in [2.24, 2.45) is 0 Å². The van der Waals surface area contributed by atoms with Gasteiger partial charge in [0, 0.05) is 55.0 Å². The number of nitrogens with one attached hydrogen (secondary N) is 3. The van der Waals surface area contributed by atoms with Gasteiger partial charge < -0.3 is 25.3 Å². The number of aryl methyl sites for hydroxylation is 1. The van der Waals surface area contributed by atoms with Gasteiger partial charge in [0.05, 0.1) is 18.2 Å². The van der Waals surface area contributed by atoms with E-state index in [-0.39, 0.29) is 23.6 Å². The van der Waals surface area contributed by atoms with E-state index in [0.29, 0.717) is 36.9 Å². The number of hydrogen-bond acceptors (Lipinski definition) is 6. The molecule has 1 aliphatic heterocycles. The smallest absolute Gasteiger partial charge is 0.305 e. The van der Waals surface area contributed by atoms with Crippen LogP contribution in [0.15, 0.2) is 18.2 Å². The Hall–Kier alpha value is -3.72. The van der Waals surface area contributed by atoms with Crippen molar-refractivity contribution < 1.29 is 23.9 Å². The number of rotatable bonds is 18. The first-order valence-electron chi connectivity index (χ1n) is 15.6. The van der Waals surface area contributed by atoms with E-state index in [0.717, 1.165) is 91.9 Å². The molecule has 1 aromatic carbocycles. The van der Waals surface area contributed by atoms with Gasteiger partial charge in [0.25, 0.3) is 11.8 Å². The van der Waals surface area contributed by atoms with Crippen molar-refractivity contribution in [2.45, 2.75) is 85.5 Å². The predicted molar refractivity (Wildman–Crippen MR) is 171 cm³/mol. The number of H-pyrrole nitrogens is 1. The monoisotopic (exact) mass is 592 g/mol. The Balaban J connectivity index is 1.58. The minimum absolute atomic E-state index is 0.126. The highest BCUT2D eigenvalue weighted by molar-refractivity contribution is 6.35. The second-order valence-corrected chi connectivity index (χ2v) is 11.3. The van der Waals surface area contributed by atoms with Crippen LogP contribution in [-0.4, -0.2) is 66.7 Å². The second kappa shape index (κ2) is 16.8. The van der Waals surface area contributed by atoms with E-state index in [1.165, 1.54) is 7.11 Å². The quantitative estimate of drug-likeness (QED) is 0.118. The Morgan fingerprint density at radius 2 is 1.65 bits per heavy atom. The molecule has 0 atom stereocenters. The zero-order valence-corrected chi connectivity index (χ0v) is 26.5.